The number of aromatic nitrogens is 2. The van der Waals surface area contributed by atoms with Gasteiger partial charge in [-0.1, -0.05) is 0 Å². The van der Waals surface area contributed by atoms with Gasteiger partial charge in [0.2, 0.25) is 5.95 Å². The van der Waals surface area contributed by atoms with E-state index in [1.165, 1.54) is 5.56 Å². The Morgan fingerprint density at radius 1 is 1.50 bits per heavy atom. The minimum atomic E-state index is 0.198. The van der Waals surface area contributed by atoms with Crippen LogP contribution in [0.4, 0.5) is 5.95 Å². The summed E-state index contributed by atoms with van der Waals surface area (Å²) in [5, 5.41) is 2.98. The van der Waals surface area contributed by atoms with Gasteiger partial charge in [-0.25, -0.2) is 9.97 Å². The molecule has 0 saturated carbocycles. The Kier molecular flexibility index (Phi) is 3.02. The third-order valence-electron chi connectivity index (χ3n) is 2.70. The van der Waals surface area contributed by atoms with Crippen LogP contribution in [0.15, 0.2) is 0 Å². The van der Waals surface area contributed by atoms with Crippen LogP contribution in [0, 0.1) is 6.92 Å². The number of hydrogen-bond donors (Lipinski definition) is 2. The number of nitrogens with two attached hydrogens (primary N) is 1. The molecule has 3 N–H and O–H groups in total. The van der Waals surface area contributed by atoms with Gasteiger partial charge in [0.05, 0.1) is 5.69 Å². The Balaban J connectivity index is 2.35. The van der Waals surface area contributed by atoms with Crippen molar-refractivity contribution in [1.29, 1.82) is 0 Å². The average Bonchev–Trinajstić information content (AvgIpc) is 2.15. The summed E-state index contributed by atoms with van der Waals surface area (Å²) in [7, 11) is 2.08. The number of likely N-dealkylation sites (N-methyl/N-ethyl adjacent to an activating group) is 1. The molecule has 1 aromatic rings. The molecule has 1 aromatic heterocycles. The van der Waals surface area contributed by atoms with Crippen molar-refractivity contribution < 1.29 is 0 Å². The summed E-state index contributed by atoms with van der Waals surface area (Å²) in [6, 6.07) is 0. The van der Waals surface area contributed by atoms with E-state index >= 15 is 0 Å². The highest BCUT2D eigenvalue weighted by Gasteiger charge is 2.18. The monoisotopic (exact) mass is 237 g/mol. The van der Waals surface area contributed by atoms with Crippen molar-refractivity contribution in [2.24, 2.45) is 5.73 Å². The average molecular weight is 237 g/mol. The van der Waals surface area contributed by atoms with Crippen molar-refractivity contribution in [3.8, 4) is 0 Å². The maximum absolute atomic E-state index is 5.41. The lowest BCUT2D eigenvalue weighted by molar-refractivity contribution is 0.306. The SMILES string of the molecule is Cc1nc(NC(N)=S)nc2c1CCN(C)C2. The highest BCUT2D eigenvalue weighted by molar-refractivity contribution is 7.80. The highest BCUT2D eigenvalue weighted by Crippen LogP contribution is 2.19. The van der Waals surface area contributed by atoms with Crippen LogP contribution in [0.1, 0.15) is 17.0 Å². The van der Waals surface area contributed by atoms with Gasteiger partial charge in [-0.3, -0.25) is 0 Å². The van der Waals surface area contributed by atoms with Crippen LogP contribution < -0.4 is 11.1 Å². The first kappa shape index (κ1) is 11.2. The minimum absolute atomic E-state index is 0.198. The van der Waals surface area contributed by atoms with E-state index in [1.54, 1.807) is 0 Å². The van der Waals surface area contributed by atoms with E-state index in [0.29, 0.717) is 5.95 Å². The van der Waals surface area contributed by atoms with E-state index in [2.05, 4.69) is 27.2 Å². The summed E-state index contributed by atoms with van der Waals surface area (Å²) in [5.41, 5.74) is 8.74. The molecule has 0 aromatic carbocycles. The fraction of sp³-hybridized carbons (Fsp3) is 0.500. The van der Waals surface area contributed by atoms with Gasteiger partial charge in [0.15, 0.2) is 5.11 Å². The van der Waals surface area contributed by atoms with Gasteiger partial charge in [0.25, 0.3) is 0 Å². The molecule has 0 spiro atoms. The van der Waals surface area contributed by atoms with E-state index in [4.69, 9.17) is 18.0 Å². The highest BCUT2D eigenvalue weighted by atomic mass is 32.1. The van der Waals surface area contributed by atoms with Gasteiger partial charge < -0.3 is 16.0 Å². The third kappa shape index (κ3) is 2.28. The fourth-order valence-corrected chi connectivity index (χ4v) is 2.01. The quantitative estimate of drug-likeness (QED) is 0.690. The Morgan fingerprint density at radius 2 is 2.25 bits per heavy atom. The number of anilines is 1. The van der Waals surface area contributed by atoms with Crippen molar-refractivity contribution in [3.05, 3.63) is 17.0 Å². The van der Waals surface area contributed by atoms with Crippen LogP contribution in [0.2, 0.25) is 0 Å². The maximum atomic E-state index is 5.41. The van der Waals surface area contributed by atoms with E-state index in [1.807, 2.05) is 6.92 Å². The van der Waals surface area contributed by atoms with Crippen LogP contribution in [-0.2, 0) is 13.0 Å². The zero-order valence-corrected chi connectivity index (χ0v) is 10.3. The molecule has 0 radical (unpaired) electrons. The molecular weight excluding hydrogens is 222 g/mol. The fourth-order valence-electron chi connectivity index (χ4n) is 1.91. The Morgan fingerprint density at radius 3 is 2.94 bits per heavy atom. The number of fused-ring (bicyclic) bond motifs is 1. The molecule has 16 heavy (non-hydrogen) atoms. The van der Waals surface area contributed by atoms with Crippen molar-refractivity contribution in [3.63, 3.8) is 0 Å². The van der Waals surface area contributed by atoms with E-state index in [-0.39, 0.29) is 5.11 Å². The number of hydrogen-bond acceptors (Lipinski definition) is 4. The lowest BCUT2D eigenvalue weighted by Gasteiger charge is -2.25. The summed E-state index contributed by atoms with van der Waals surface area (Å²) in [6.45, 7) is 3.90. The second-order valence-corrected chi connectivity index (χ2v) is 4.47. The smallest absolute Gasteiger partial charge is 0.229 e. The summed E-state index contributed by atoms with van der Waals surface area (Å²) in [6.07, 6.45) is 1.00. The topological polar surface area (TPSA) is 67.1 Å². The van der Waals surface area contributed by atoms with Crippen LogP contribution in [0.3, 0.4) is 0 Å². The van der Waals surface area contributed by atoms with Crippen molar-refractivity contribution in [1.82, 2.24) is 14.9 Å². The zero-order valence-electron chi connectivity index (χ0n) is 9.45. The first-order valence-corrected chi connectivity index (χ1v) is 5.58. The van der Waals surface area contributed by atoms with Gasteiger partial charge >= 0.3 is 0 Å². The molecule has 0 amide bonds. The van der Waals surface area contributed by atoms with Crippen molar-refractivity contribution in [2.75, 3.05) is 18.9 Å². The van der Waals surface area contributed by atoms with Crippen molar-refractivity contribution >= 4 is 23.3 Å². The summed E-state index contributed by atoms with van der Waals surface area (Å²) in [5.74, 6) is 0.499. The number of nitrogens with zero attached hydrogens (tertiary/aromatic N) is 3. The molecule has 1 aliphatic rings. The van der Waals surface area contributed by atoms with Gasteiger partial charge in [0.1, 0.15) is 0 Å². The van der Waals surface area contributed by atoms with Gasteiger partial charge in [-0.2, -0.15) is 0 Å². The molecular formula is C10H15N5S. The van der Waals surface area contributed by atoms with E-state index in [9.17, 15) is 0 Å². The molecule has 6 heteroatoms. The zero-order chi connectivity index (χ0) is 11.7. The van der Waals surface area contributed by atoms with Crippen LogP contribution in [0.5, 0.6) is 0 Å². The maximum Gasteiger partial charge on any atom is 0.229 e. The molecule has 5 nitrogen and oxygen atoms in total. The van der Waals surface area contributed by atoms with Crippen LogP contribution in [0.25, 0.3) is 0 Å². The number of thiocarbonyl (C=S) groups is 1. The summed E-state index contributed by atoms with van der Waals surface area (Å²) < 4.78 is 0. The summed E-state index contributed by atoms with van der Waals surface area (Å²) in [4.78, 5) is 11.0. The molecule has 2 heterocycles. The molecule has 0 unspecified atom stereocenters. The molecule has 0 saturated heterocycles. The Bertz CT molecular complexity index is 431. The minimum Gasteiger partial charge on any atom is -0.376 e. The number of aryl methyl sites for hydroxylation is 1. The second kappa shape index (κ2) is 4.31. The third-order valence-corrected chi connectivity index (χ3v) is 2.80. The predicted octanol–water partition coefficient (Wildman–Crippen LogP) is 0.428. The summed E-state index contributed by atoms with van der Waals surface area (Å²) >= 11 is 4.77. The number of rotatable bonds is 1. The lowest BCUT2D eigenvalue weighted by Crippen LogP contribution is -2.29. The molecule has 0 fully saturated rings. The molecule has 1 aliphatic heterocycles. The Labute approximate surface area is 100 Å². The van der Waals surface area contributed by atoms with Gasteiger partial charge in [0, 0.05) is 18.8 Å². The standard InChI is InChI=1S/C10H15N5S/c1-6-7-3-4-15(2)5-8(7)13-10(12-6)14-9(11)16/h3-5H2,1-2H3,(H3,11,12,13,14,16). The first-order valence-electron chi connectivity index (χ1n) is 5.17. The molecule has 0 aliphatic carbocycles. The molecule has 0 bridgehead atoms. The largest absolute Gasteiger partial charge is 0.376 e. The Hall–Kier alpha value is -1.27. The molecule has 86 valence electrons. The second-order valence-electron chi connectivity index (χ2n) is 4.03. The van der Waals surface area contributed by atoms with Crippen LogP contribution >= 0.6 is 12.2 Å². The van der Waals surface area contributed by atoms with E-state index < -0.39 is 0 Å². The first-order chi connectivity index (χ1) is 7.56. The van der Waals surface area contributed by atoms with Crippen molar-refractivity contribution in [2.45, 2.75) is 19.9 Å². The lowest BCUT2D eigenvalue weighted by atomic mass is 10.0. The van der Waals surface area contributed by atoms with Gasteiger partial charge in [-0.15, -0.1) is 0 Å². The van der Waals surface area contributed by atoms with Crippen LogP contribution in [-0.4, -0.2) is 33.6 Å². The molecule has 2 rings (SSSR count). The van der Waals surface area contributed by atoms with Gasteiger partial charge in [-0.05, 0) is 38.2 Å². The van der Waals surface area contributed by atoms with E-state index in [0.717, 1.165) is 30.9 Å². The normalized spacial score (nSPS) is 15.6. The number of nitrogens with one attached hydrogen (secondary N) is 1. The molecule has 0 atom stereocenters. The predicted molar refractivity (Wildman–Crippen MR) is 67.2 cm³/mol.